The average Bonchev–Trinajstić information content (AvgIpc) is 2.60. The van der Waals surface area contributed by atoms with Gasteiger partial charge in [-0.2, -0.15) is 0 Å². The molecule has 1 heterocycles. The molecule has 0 saturated carbocycles. The maximum atomic E-state index is 12.3. The molecule has 3 rings (SSSR count). The van der Waals surface area contributed by atoms with Crippen LogP contribution in [0.4, 0.5) is 5.69 Å². The molecule has 5 nitrogen and oxygen atoms in total. The predicted octanol–water partition coefficient (Wildman–Crippen LogP) is 2.66. The van der Waals surface area contributed by atoms with Gasteiger partial charge in [0.05, 0.1) is 5.52 Å². The Morgan fingerprint density at radius 3 is 2.65 bits per heavy atom. The van der Waals surface area contributed by atoms with Crippen LogP contribution >= 0.6 is 0 Å². The summed E-state index contributed by atoms with van der Waals surface area (Å²) in [6.07, 6.45) is 0. The molecule has 0 saturated heterocycles. The fourth-order valence-corrected chi connectivity index (χ4v) is 2.25. The van der Waals surface area contributed by atoms with Crippen LogP contribution in [-0.2, 0) is 0 Å². The molecule has 0 aliphatic carbocycles. The summed E-state index contributed by atoms with van der Waals surface area (Å²) in [6.45, 7) is -0.566. The minimum Gasteiger partial charge on any atom is -0.388 e. The van der Waals surface area contributed by atoms with Crippen molar-refractivity contribution in [3.63, 3.8) is 0 Å². The number of hydrogen-bond donors (Lipinski definition) is 2. The number of aromatic nitrogens is 1. The molecule has 114 valence electrons. The van der Waals surface area contributed by atoms with Gasteiger partial charge in [0, 0.05) is 16.6 Å². The van der Waals surface area contributed by atoms with Crippen LogP contribution in [0.2, 0.25) is 0 Å². The zero-order valence-electron chi connectivity index (χ0n) is 12.2. The lowest BCUT2D eigenvalue weighted by Crippen LogP contribution is -2.14. The van der Waals surface area contributed by atoms with Crippen LogP contribution < -0.4 is 5.32 Å². The van der Waals surface area contributed by atoms with E-state index in [0.717, 1.165) is 10.9 Å². The minimum atomic E-state index is -0.566. The van der Waals surface area contributed by atoms with Crippen molar-refractivity contribution in [2.45, 2.75) is 0 Å². The molecular weight excluding hydrogens is 292 g/mol. The molecule has 5 heteroatoms. The van der Waals surface area contributed by atoms with Crippen LogP contribution in [0, 0.1) is 0 Å². The zero-order valence-corrected chi connectivity index (χ0v) is 12.2. The number of Topliss-reactive ketones (excluding diaryl/α,β-unsaturated/α-hetero) is 1. The standard InChI is InChI=1S/C18H14N2O3/c21-11-17(22)13-5-3-6-14(10-13)19-18(23)16-9-8-12-4-1-2-7-15(12)20-16/h1-10,21H,11H2,(H,19,23). The molecule has 3 aromatic rings. The van der Waals surface area contributed by atoms with Crippen LogP contribution in [0.15, 0.2) is 60.7 Å². The molecule has 0 radical (unpaired) electrons. The Labute approximate surface area is 132 Å². The van der Waals surface area contributed by atoms with E-state index >= 15 is 0 Å². The molecule has 1 amide bonds. The fourth-order valence-electron chi connectivity index (χ4n) is 2.25. The lowest BCUT2D eigenvalue weighted by atomic mass is 10.1. The first-order valence-corrected chi connectivity index (χ1v) is 7.08. The van der Waals surface area contributed by atoms with E-state index in [-0.39, 0.29) is 5.91 Å². The van der Waals surface area contributed by atoms with Gasteiger partial charge >= 0.3 is 0 Å². The number of nitrogens with one attached hydrogen (secondary N) is 1. The third-order valence-electron chi connectivity index (χ3n) is 3.42. The van der Waals surface area contributed by atoms with Gasteiger partial charge in [-0.15, -0.1) is 0 Å². The molecule has 0 atom stereocenters. The average molecular weight is 306 g/mol. The topological polar surface area (TPSA) is 79.3 Å². The van der Waals surface area contributed by atoms with E-state index in [1.54, 1.807) is 24.3 Å². The van der Waals surface area contributed by atoms with Gasteiger partial charge in [-0.05, 0) is 24.3 Å². The number of benzene rings is 2. The van der Waals surface area contributed by atoms with Crippen molar-refractivity contribution in [2.75, 3.05) is 11.9 Å². The summed E-state index contributed by atoms with van der Waals surface area (Å²) < 4.78 is 0. The summed E-state index contributed by atoms with van der Waals surface area (Å²) in [4.78, 5) is 28.1. The van der Waals surface area contributed by atoms with E-state index in [4.69, 9.17) is 5.11 Å². The lowest BCUT2D eigenvalue weighted by molar-refractivity contribution is 0.0903. The van der Waals surface area contributed by atoms with Gasteiger partial charge in [-0.3, -0.25) is 9.59 Å². The number of aliphatic hydroxyl groups is 1. The minimum absolute atomic E-state index is 0.294. The Balaban J connectivity index is 1.84. The van der Waals surface area contributed by atoms with Crippen LogP contribution in [0.3, 0.4) is 0 Å². The highest BCUT2D eigenvalue weighted by Crippen LogP contribution is 2.15. The summed E-state index contributed by atoms with van der Waals surface area (Å²) in [6, 6.07) is 17.5. The quantitative estimate of drug-likeness (QED) is 0.726. The number of carbonyl (C=O) groups is 2. The molecule has 23 heavy (non-hydrogen) atoms. The molecule has 0 unspecified atom stereocenters. The summed E-state index contributed by atoms with van der Waals surface area (Å²) in [5, 5.41) is 12.6. The number of rotatable bonds is 4. The van der Waals surface area contributed by atoms with E-state index in [1.807, 2.05) is 30.3 Å². The molecule has 2 N–H and O–H groups in total. The van der Waals surface area contributed by atoms with Crippen molar-refractivity contribution in [3.05, 3.63) is 71.9 Å². The van der Waals surface area contributed by atoms with E-state index in [0.29, 0.717) is 16.9 Å². The second-order valence-corrected chi connectivity index (χ2v) is 5.01. The third-order valence-corrected chi connectivity index (χ3v) is 3.42. The highest BCUT2D eigenvalue weighted by Gasteiger charge is 2.10. The van der Waals surface area contributed by atoms with E-state index in [9.17, 15) is 9.59 Å². The summed E-state index contributed by atoms with van der Waals surface area (Å²) in [7, 11) is 0. The number of anilines is 1. The van der Waals surface area contributed by atoms with E-state index in [1.165, 1.54) is 6.07 Å². The third kappa shape index (κ3) is 3.25. The Bertz CT molecular complexity index is 890. The molecule has 0 fully saturated rings. The second kappa shape index (κ2) is 6.37. The second-order valence-electron chi connectivity index (χ2n) is 5.01. The van der Waals surface area contributed by atoms with Crippen LogP contribution in [0.5, 0.6) is 0 Å². The van der Waals surface area contributed by atoms with Crippen molar-refractivity contribution in [1.29, 1.82) is 0 Å². The van der Waals surface area contributed by atoms with Gasteiger partial charge in [0.1, 0.15) is 12.3 Å². The monoisotopic (exact) mass is 306 g/mol. The first kappa shape index (κ1) is 14.9. The number of amides is 1. The van der Waals surface area contributed by atoms with Gasteiger partial charge in [0.15, 0.2) is 5.78 Å². The number of ketones is 1. The number of hydrogen-bond acceptors (Lipinski definition) is 4. The van der Waals surface area contributed by atoms with Crippen molar-refractivity contribution < 1.29 is 14.7 Å². The van der Waals surface area contributed by atoms with Gasteiger partial charge in [0.25, 0.3) is 5.91 Å². The van der Waals surface area contributed by atoms with Gasteiger partial charge in [-0.1, -0.05) is 36.4 Å². The van der Waals surface area contributed by atoms with Crippen molar-refractivity contribution in [3.8, 4) is 0 Å². The van der Waals surface area contributed by atoms with Gasteiger partial charge in [-0.25, -0.2) is 4.98 Å². The Kier molecular flexibility index (Phi) is 4.12. The first-order valence-electron chi connectivity index (χ1n) is 7.08. The number of para-hydroxylation sites is 1. The van der Waals surface area contributed by atoms with Gasteiger partial charge < -0.3 is 10.4 Å². The lowest BCUT2D eigenvalue weighted by Gasteiger charge is -2.07. The Morgan fingerprint density at radius 1 is 1.00 bits per heavy atom. The predicted molar refractivity (Wildman–Crippen MR) is 87.6 cm³/mol. The van der Waals surface area contributed by atoms with E-state index in [2.05, 4.69) is 10.3 Å². The molecular formula is C18H14N2O3. The van der Waals surface area contributed by atoms with Crippen molar-refractivity contribution in [1.82, 2.24) is 4.98 Å². The molecule has 0 aliphatic rings. The molecule has 0 spiro atoms. The normalized spacial score (nSPS) is 10.5. The largest absolute Gasteiger partial charge is 0.388 e. The van der Waals surface area contributed by atoms with Crippen LogP contribution in [-0.4, -0.2) is 28.4 Å². The summed E-state index contributed by atoms with van der Waals surface area (Å²) >= 11 is 0. The smallest absolute Gasteiger partial charge is 0.274 e. The summed E-state index contributed by atoms with van der Waals surface area (Å²) in [5.41, 5.74) is 1.85. The highest BCUT2D eigenvalue weighted by atomic mass is 16.3. The van der Waals surface area contributed by atoms with E-state index < -0.39 is 12.4 Å². The molecule has 0 aliphatic heterocycles. The Morgan fingerprint density at radius 2 is 1.83 bits per heavy atom. The molecule has 2 aromatic carbocycles. The number of carbonyl (C=O) groups excluding carboxylic acids is 2. The molecule has 1 aromatic heterocycles. The highest BCUT2D eigenvalue weighted by molar-refractivity contribution is 6.05. The summed E-state index contributed by atoms with van der Waals surface area (Å²) in [5.74, 6) is -0.755. The maximum Gasteiger partial charge on any atom is 0.274 e. The molecule has 0 bridgehead atoms. The maximum absolute atomic E-state index is 12.3. The zero-order chi connectivity index (χ0) is 16.2. The number of nitrogens with zero attached hydrogens (tertiary/aromatic N) is 1. The number of fused-ring (bicyclic) bond motifs is 1. The van der Waals surface area contributed by atoms with Crippen LogP contribution in [0.1, 0.15) is 20.8 Å². The van der Waals surface area contributed by atoms with Crippen molar-refractivity contribution in [2.24, 2.45) is 0 Å². The SMILES string of the molecule is O=C(CO)c1cccc(NC(=O)c2ccc3ccccc3n2)c1. The Hall–Kier alpha value is -3.05. The fraction of sp³-hybridized carbons (Fsp3) is 0.0556. The number of pyridine rings is 1. The van der Waals surface area contributed by atoms with Crippen molar-refractivity contribution >= 4 is 28.3 Å². The number of aliphatic hydroxyl groups excluding tert-OH is 1. The van der Waals surface area contributed by atoms with Gasteiger partial charge in [0.2, 0.25) is 0 Å². The first-order chi connectivity index (χ1) is 11.2. The van der Waals surface area contributed by atoms with Crippen LogP contribution in [0.25, 0.3) is 10.9 Å².